The molecule has 0 fully saturated rings. The fourth-order valence-corrected chi connectivity index (χ4v) is 2.42. The molecule has 0 saturated carbocycles. The molecule has 0 aliphatic carbocycles. The number of nitrogens with zero attached hydrogens (tertiary/aromatic N) is 3. The zero-order chi connectivity index (χ0) is 16.8. The van der Waals surface area contributed by atoms with E-state index in [9.17, 15) is 15.2 Å². The van der Waals surface area contributed by atoms with Gasteiger partial charge in [-0.3, -0.25) is 14.8 Å². The van der Waals surface area contributed by atoms with Crippen molar-refractivity contribution < 1.29 is 10.0 Å². The van der Waals surface area contributed by atoms with Gasteiger partial charge in [-0.1, -0.05) is 30.7 Å². The number of rotatable bonds is 8. The van der Waals surface area contributed by atoms with Crippen molar-refractivity contribution in [3.63, 3.8) is 0 Å². The van der Waals surface area contributed by atoms with Gasteiger partial charge in [-0.25, -0.2) is 0 Å². The van der Waals surface area contributed by atoms with Gasteiger partial charge >= 0.3 is 5.69 Å². The third-order valence-corrected chi connectivity index (χ3v) is 3.76. The SMILES string of the molecule is CCC(NCC(O)Cn1cc([N+](=O)[O-])cn1)c1ccc(Cl)cc1. The molecule has 0 spiro atoms. The maximum absolute atomic E-state index is 10.6. The second-order valence-electron chi connectivity index (χ2n) is 5.25. The molecule has 1 aromatic heterocycles. The standard InChI is InChI=1S/C15H19ClN4O3/c1-2-15(11-3-5-12(16)6-4-11)17-8-14(21)10-19-9-13(7-18-19)20(22)23/h3-7,9,14-15,17,21H,2,8,10H2,1H3. The predicted octanol–water partition coefficient (Wildman–Crippen LogP) is 2.55. The quantitative estimate of drug-likeness (QED) is 0.570. The van der Waals surface area contributed by atoms with Crippen molar-refractivity contribution >= 4 is 17.3 Å². The van der Waals surface area contributed by atoms with Gasteiger partial charge in [-0.2, -0.15) is 5.10 Å². The Labute approximate surface area is 139 Å². The number of benzene rings is 1. The first-order valence-electron chi connectivity index (χ1n) is 7.33. The average Bonchev–Trinajstić information content (AvgIpc) is 2.98. The van der Waals surface area contributed by atoms with Crippen molar-refractivity contribution in [2.24, 2.45) is 0 Å². The summed E-state index contributed by atoms with van der Waals surface area (Å²) in [6.45, 7) is 2.60. The van der Waals surface area contributed by atoms with Crippen LogP contribution in [0.2, 0.25) is 5.02 Å². The van der Waals surface area contributed by atoms with Crippen LogP contribution in [0.15, 0.2) is 36.7 Å². The molecule has 2 atom stereocenters. The van der Waals surface area contributed by atoms with Crippen molar-refractivity contribution in [1.82, 2.24) is 15.1 Å². The molecule has 7 nitrogen and oxygen atoms in total. The minimum Gasteiger partial charge on any atom is -0.390 e. The molecule has 0 radical (unpaired) electrons. The topological polar surface area (TPSA) is 93.2 Å². The van der Waals surface area contributed by atoms with Crippen LogP contribution in [0.1, 0.15) is 24.9 Å². The van der Waals surface area contributed by atoms with Crippen LogP contribution in [0, 0.1) is 10.1 Å². The van der Waals surface area contributed by atoms with Gasteiger partial charge in [-0.05, 0) is 24.1 Å². The summed E-state index contributed by atoms with van der Waals surface area (Å²) in [7, 11) is 0. The van der Waals surface area contributed by atoms with Gasteiger partial charge in [0.15, 0.2) is 0 Å². The Morgan fingerprint density at radius 2 is 2.13 bits per heavy atom. The Balaban J connectivity index is 1.87. The zero-order valence-corrected chi connectivity index (χ0v) is 13.5. The van der Waals surface area contributed by atoms with Gasteiger partial charge in [0.25, 0.3) is 0 Å². The first kappa shape index (κ1) is 17.4. The molecule has 0 amide bonds. The second-order valence-corrected chi connectivity index (χ2v) is 5.69. The molecule has 2 N–H and O–H groups in total. The van der Waals surface area contributed by atoms with E-state index < -0.39 is 11.0 Å². The number of aromatic nitrogens is 2. The Morgan fingerprint density at radius 1 is 1.43 bits per heavy atom. The van der Waals surface area contributed by atoms with Crippen LogP contribution in [-0.4, -0.2) is 32.5 Å². The minimum atomic E-state index is -0.698. The predicted molar refractivity (Wildman–Crippen MR) is 87.4 cm³/mol. The van der Waals surface area contributed by atoms with Crippen LogP contribution in [0.3, 0.4) is 0 Å². The third kappa shape index (κ3) is 5.02. The monoisotopic (exact) mass is 338 g/mol. The minimum absolute atomic E-state index is 0.0854. The number of halogens is 1. The lowest BCUT2D eigenvalue weighted by Gasteiger charge is -2.20. The molecule has 0 aliphatic heterocycles. The van der Waals surface area contributed by atoms with E-state index >= 15 is 0 Å². The highest BCUT2D eigenvalue weighted by Gasteiger charge is 2.14. The van der Waals surface area contributed by atoms with Crippen molar-refractivity contribution in [2.45, 2.75) is 32.0 Å². The zero-order valence-electron chi connectivity index (χ0n) is 12.7. The molecular formula is C15H19ClN4O3. The normalized spacial score (nSPS) is 13.7. The number of nitrogens with one attached hydrogen (secondary N) is 1. The largest absolute Gasteiger partial charge is 0.390 e. The highest BCUT2D eigenvalue weighted by Crippen LogP contribution is 2.19. The second kappa shape index (κ2) is 8.05. The summed E-state index contributed by atoms with van der Waals surface area (Å²) in [5.74, 6) is 0. The van der Waals surface area contributed by atoms with Crippen LogP contribution in [0.25, 0.3) is 0 Å². The maximum atomic E-state index is 10.6. The molecule has 8 heteroatoms. The lowest BCUT2D eigenvalue weighted by Crippen LogP contribution is -2.33. The lowest BCUT2D eigenvalue weighted by molar-refractivity contribution is -0.385. The highest BCUT2D eigenvalue weighted by molar-refractivity contribution is 6.30. The van der Waals surface area contributed by atoms with Gasteiger partial charge in [0.2, 0.25) is 0 Å². The fraction of sp³-hybridized carbons (Fsp3) is 0.400. The number of hydrogen-bond donors (Lipinski definition) is 2. The summed E-state index contributed by atoms with van der Waals surface area (Å²) >= 11 is 5.88. The molecule has 0 aliphatic rings. The molecule has 2 aromatic rings. The summed E-state index contributed by atoms with van der Waals surface area (Å²) in [6, 6.07) is 7.68. The van der Waals surface area contributed by atoms with Gasteiger partial charge in [-0.15, -0.1) is 0 Å². The average molecular weight is 339 g/mol. The van der Waals surface area contributed by atoms with Gasteiger partial charge in [0.1, 0.15) is 12.4 Å². The molecule has 0 saturated heterocycles. The van der Waals surface area contributed by atoms with E-state index in [2.05, 4.69) is 17.3 Å². The molecule has 1 heterocycles. The van der Waals surface area contributed by atoms with Gasteiger partial charge in [0, 0.05) is 17.6 Å². The summed E-state index contributed by atoms with van der Waals surface area (Å²) in [5, 5.41) is 28.5. The van der Waals surface area contributed by atoms with E-state index in [1.54, 1.807) is 0 Å². The molecule has 1 aromatic carbocycles. The molecule has 2 rings (SSSR count). The Morgan fingerprint density at radius 3 is 2.70 bits per heavy atom. The van der Waals surface area contributed by atoms with Gasteiger partial charge < -0.3 is 10.4 Å². The Kier molecular flexibility index (Phi) is 6.09. The smallest absolute Gasteiger partial charge is 0.306 e. The molecule has 23 heavy (non-hydrogen) atoms. The number of hydrogen-bond acceptors (Lipinski definition) is 5. The van der Waals surface area contributed by atoms with E-state index in [4.69, 9.17) is 11.6 Å². The Hall–Kier alpha value is -1.96. The van der Waals surface area contributed by atoms with E-state index in [1.807, 2.05) is 24.3 Å². The van der Waals surface area contributed by atoms with E-state index in [-0.39, 0.29) is 18.3 Å². The van der Waals surface area contributed by atoms with Crippen molar-refractivity contribution in [3.8, 4) is 0 Å². The highest BCUT2D eigenvalue weighted by atomic mass is 35.5. The van der Waals surface area contributed by atoms with E-state index in [0.29, 0.717) is 11.6 Å². The van der Waals surface area contributed by atoms with Crippen LogP contribution in [0.4, 0.5) is 5.69 Å². The Bertz CT molecular complexity index is 644. The first-order chi connectivity index (χ1) is 11.0. The number of aliphatic hydroxyl groups excluding tert-OH is 1. The van der Waals surface area contributed by atoms with E-state index in [0.717, 1.165) is 12.0 Å². The first-order valence-corrected chi connectivity index (χ1v) is 7.71. The number of aliphatic hydroxyl groups is 1. The van der Waals surface area contributed by atoms with E-state index in [1.165, 1.54) is 17.1 Å². The van der Waals surface area contributed by atoms with Crippen molar-refractivity contribution in [3.05, 3.63) is 57.4 Å². The number of nitro groups is 1. The van der Waals surface area contributed by atoms with Crippen molar-refractivity contribution in [1.29, 1.82) is 0 Å². The van der Waals surface area contributed by atoms with Crippen LogP contribution < -0.4 is 5.32 Å². The molecule has 2 unspecified atom stereocenters. The fourth-order valence-electron chi connectivity index (χ4n) is 2.30. The third-order valence-electron chi connectivity index (χ3n) is 3.51. The maximum Gasteiger partial charge on any atom is 0.306 e. The lowest BCUT2D eigenvalue weighted by atomic mass is 10.0. The van der Waals surface area contributed by atoms with Crippen LogP contribution >= 0.6 is 11.6 Å². The molecular weight excluding hydrogens is 320 g/mol. The van der Waals surface area contributed by atoms with Gasteiger partial charge in [0.05, 0.1) is 17.6 Å². The van der Waals surface area contributed by atoms with Crippen molar-refractivity contribution in [2.75, 3.05) is 6.54 Å². The summed E-state index contributed by atoms with van der Waals surface area (Å²) in [4.78, 5) is 10.1. The van der Waals surface area contributed by atoms with Crippen LogP contribution in [-0.2, 0) is 6.54 Å². The summed E-state index contributed by atoms with van der Waals surface area (Å²) in [6.07, 6.45) is 2.64. The van der Waals surface area contributed by atoms with Crippen LogP contribution in [0.5, 0.6) is 0 Å². The molecule has 0 bridgehead atoms. The summed E-state index contributed by atoms with van der Waals surface area (Å²) < 4.78 is 1.37. The summed E-state index contributed by atoms with van der Waals surface area (Å²) in [5.41, 5.74) is 1.01. The molecule has 124 valence electrons.